The zero-order valence-electron chi connectivity index (χ0n) is 17.1. The van der Waals surface area contributed by atoms with Gasteiger partial charge in [0.2, 0.25) is 0 Å². The number of anilines is 2. The van der Waals surface area contributed by atoms with Crippen LogP contribution >= 0.6 is 0 Å². The van der Waals surface area contributed by atoms with Crippen molar-refractivity contribution in [1.29, 1.82) is 0 Å². The first-order chi connectivity index (χ1) is 14.4. The molecule has 2 aromatic rings. The van der Waals surface area contributed by atoms with E-state index in [0.29, 0.717) is 28.3 Å². The normalized spacial score (nSPS) is 14.7. The third-order valence-corrected chi connectivity index (χ3v) is 5.05. The lowest BCUT2D eigenvalue weighted by atomic mass is 10.00. The molecule has 0 unspecified atom stereocenters. The summed E-state index contributed by atoms with van der Waals surface area (Å²) in [5, 5.41) is 2.51. The highest BCUT2D eigenvalue weighted by Gasteiger charge is 2.18. The Bertz CT molecular complexity index is 997. The molecule has 7 nitrogen and oxygen atoms in total. The molecule has 158 valence electrons. The molecule has 1 amide bonds. The average Bonchev–Trinajstić information content (AvgIpc) is 3.26. The topological polar surface area (TPSA) is 106 Å². The van der Waals surface area contributed by atoms with Crippen molar-refractivity contribution in [3.05, 3.63) is 65.2 Å². The molecule has 1 aliphatic rings. The molecular weight excluding hydrogens is 385 g/mol. The predicted molar refractivity (Wildman–Crippen MR) is 117 cm³/mol. The lowest BCUT2D eigenvalue weighted by molar-refractivity contribution is 0.187. The van der Waals surface area contributed by atoms with Crippen molar-refractivity contribution in [3.8, 4) is 0 Å². The fourth-order valence-corrected chi connectivity index (χ4v) is 3.48. The highest BCUT2D eigenvalue weighted by atomic mass is 19.1. The van der Waals surface area contributed by atoms with E-state index in [-0.39, 0.29) is 5.82 Å². The second-order valence-electron chi connectivity index (χ2n) is 7.08. The molecule has 1 fully saturated rings. The summed E-state index contributed by atoms with van der Waals surface area (Å²) < 4.78 is 19.1. The first-order valence-corrected chi connectivity index (χ1v) is 9.69. The third kappa shape index (κ3) is 4.71. The Balaban J connectivity index is 1.93. The number of carbonyl (C=O) groups excluding carboxylic acids is 1. The van der Waals surface area contributed by atoms with Crippen LogP contribution in [0.25, 0.3) is 11.3 Å². The van der Waals surface area contributed by atoms with Crippen LogP contribution in [-0.2, 0) is 4.74 Å². The van der Waals surface area contributed by atoms with Gasteiger partial charge in [0.25, 0.3) is 0 Å². The molecule has 3 rings (SSSR count). The number of pyridine rings is 1. The summed E-state index contributed by atoms with van der Waals surface area (Å²) >= 11 is 0. The van der Waals surface area contributed by atoms with Gasteiger partial charge in [-0.25, -0.2) is 14.2 Å². The molecule has 0 radical (unpaired) electrons. The zero-order valence-corrected chi connectivity index (χ0v) is 17.1. The molecule has 0 spiro atoms. The van der Waals surface area contributed by atoms with Crippen LogP contribution in [0.5, 0.6) is 0 Å². The number of nitrogens with two attached hydrogens (primary N) is 2. The monoisotopic (exact) mass is 411 g/mol. The van der Waals surface area contributed by atoms with Crippen LogP contribution in [-0.4, -0.2) is 31.3 Å². The Morgan fingerprint density at radius 1 is 1.30 bits per heavy atom. The van der Waals surface area contributed by atoms with E-state index in [0.717, 1.165) is 37.1 Å². The summed E-state index contributed by atoms with van der Waals surface area (Å²) in [7, 11) is 1.27. The quantitative estimate of drug-likeness (QED) is 0.649. The number of hydrogen-bond donors (Lipinski definition) is 3. The van der Waals surface area contributed by atoms with Gasteiger partial charge in [0.05, 0.1) is 12.8 Å². The molecule has 2 heterocycles. The van der Waals surface area contributed by atoms with Gasteiger partial charge < -0.3 is 21.1 Å². The average molecular weight is 411 g/mol. The number of rotatable bonds is 5. The van der Waals surface area contributed by atoms with Crippen molar-refractivity contribution in [2.75, 3.05) is 30.4 Å². The molecule has 8 heteroatoms. The Kier molecular flexibility index (Phi) is 6.56. The third-order valence-electron chi connectivity index (χ3n) is 5.05. The van der Waals surface area contributed by atoms with Crippen LogP contribution in [0.15, 0.2) is 42.7 Å². The number of nitrogens with one attached hydrogen (secondary N) is 1. The molecule has 0 aliphatic carbocycles. The largest absolute Gasteiger partial charge is 0.453 e. The standard InChI is InChI=1S/C22H26FN5O2/c1-14-9-18(23)20(28-7-3-4-8-28)12-17(14)19(25)10-16(13-24)15-5-6-26-21(11-15)27-22(29)30-2/h5-6,9-13H,3-4,7-8,24-25H2,1-2H3,(H,26,27,29)/b16-13+,19-10-. The van der Waals surface area contributed by atoms with Crippen molar-refractivity contribution < 1.29 is 13.9 Å². The number of aryl methyl sites for hydroxylation is 1. The summed E-state index contributed by atoms with van der Waals surface area (Å²) in [6.07, 6.45) is 6.18. The van der Waals surface area contributed by atoms with Crippen LogP contribution in [0, 0.1) is 12.7 Å². The van der Waals surface area contributed by atoms with E-state index in [9.17, 15) is 9.18 Å². The molecule has 0 atom stereocenters. The SMILES string of the molecule is COC(=O)Nc1cc(C(/C=C(\N)c2cc(N3CCCC3)c(F)cc2C)=C/N)ccn1. The van der Waals surface area contributed by atoms with Crippen LogP contribution in [0.4, 0.5) is 20.7 Å². The van der Waals surface area contributed by atoms with E-state index in [1.54, 1.807) is 30.5 Å². The van der Waals surface area contributed by atoms with Gasteiger partial charge in [0.15, 0.2) is 0 Å². The van der Waals surface area contributed by atoms with E-state index < -0.39 is 6.09 Å². The second kappa shape index (κ2) is 9.30. The van der Waals surface area contributed by atoms with Gasteiger partial charge in [0, 0.05) is 36.7 Å². The van der Waals surface area contributed by atoms with Crippen LogP contribution in [0.2, 0.25) is 0 Å². The van der Waals surface area contributed by atoms with Gasteiger partial charge in [-0.2, -0.15) is 0 Å². The van der Waals surface area contributed by atoms with Crippen molar-refractivity contribution in [3.63, 3.8) is 0 Å². The van der Waals surface area contributed by atoms with Gasteiger partial charge in [-0.05, 0) is 66.8 Å². The highest BCUT2D eigenvalue weighted by Crippen LogP contribution is 2.30. The number of benzene rings is 1. The lowest BCUT2D eigenvalue weighted by Gasteiger charge is -2.20. The minimum Gasteiger partial charge on any atom is -0.453 e. The van der Waals surface area contributed by atoms with Crippen molar-refractivity contribution >= 4 is 28.9 Å². The number of ether oxygens (including phenoxy) is 1. The molecule has 1 saturated heterocycles. The molecule has 30 heavy (non-hydrogen) atoms. The molecule has 1 aromatic carbocycles. The molecular formula is C22H26FN5O2. The minimum absolute atomic E-state index is 0.242. The Morgan fingerprint density at radius 3 is 2.70 bits per heavy atom. The number of allylic oxidation sites excluding steroid dienone is 2. The van der Waals surface area contributed by atoms with Crippen LogP contribution < -0.4 is 21.7 Å². The van der Waals surface area contributed by atoms with Crippen molar-refractivity contribution in [2.24, 2.45) is 11.5 Å². The van der Waals surface area contributed by atoms with E-state index >= 15 is 0 Å². The molecule has 5 N–H and O–H groups in total. The van der Waals surface area contributed by atoms with Gasteiger partial charge in [-0.1, -0.05) is 0 Å². The smallest absolute Gasteiger partial charge is 0.412 e. The number of hydrogen-bond acceptors (Lipinski definition) is 6. The molecule has 0 saturated carbocycles. The highest BCUT2D eigenvalue weighted by molar-refractivity contribution is 5.87. The lowest BCUT2D eigenvalue weighted by Crippen LogP contribution is -2.19. The number of nitrogens with zero attached hydrogens (tertiary/aromatic N) is 2. The zero-order chi connectivity index (χ0) is 21.7. The summed E-state index contributed by atoms with van der Waals surface area (Å²) in [5.74, 6) is 0.0770. The van der Waals surface area contributed by atoms with Crippen LogP contribution in [0.1, 0.15) is 29.5 Å². The maximum atomic E-state index is 14.5. The Labute approximate surface area is 175 Å². The van der Waals surface area contributed by atoms with Gasteiger partial charge in [0.1, 0.15) is 11.6 Å². The number of amides is 1. The minimum atomic E-state index is -0.621. The summed E-state index contributed by atoms with van der Waals surface area (Å²) in [6, 6.07) is 6.72. The summed E-state index contributed by atoms with van der Waals surface area (Å²) in [6.45, 7) is 3.50. The van der Waals surface area contributed by atoms with Crippen LogP contribution in [0.3, 0.4) is 0 Å². The predicted octanol–water partition coefficient (Wildman–Crippen LogP) is 3.61. The maximum Gasteiger partial charge on any atom is 0.412 e. The first-order valence-electron chi connectivity index (χ1n) is 9.69. The fourth-order valence-electron chi connectivity index (χ4n) is 3.48. The Hall–Kier alpha value is -3.55. The fraction of sp³-hybridized carbons (Fsp3) is 0.273. The summed E-state index contributed by atoms with van der Waals surface area (Å²) in [5.41, 5.74) is 16.1. The van der Waals surface area contributed by atoms with E-state index in [1.807, 2.05) is 11.8 Å². The summed E-state index contributed by atoms with van der Waals surface area (Å²) in [4.78, 5) is 17.5. The van der Waals surface area contributed by atoms with Gasteiger partial charge in [-0.15, -0.1) is 0 Å². The number of methoxy groups -OCH3 is 1. The van der Waals surface area contributed by atoms with Crippen molar-refractivity contribution in [2.45, 2.75) is 19.8 Å². The maximum absolute atomic E-state index is 14.5. The number of aromatic nitrogens is 1. The second-order valence-corrected chi connectivity index (χ2v) is 7.08. The van der Waals surface area contributed by atoms with Gasteiger partial charge in [-0.3, -0.25) is 5.32 Å². The van der Waals surface area contributed by atoms with E-state index in [4.69, 9.17) is 11.5 Å². The molecule has 1 aromatic heterocycles. The number of halogens is 1. The van der Waals surface area contributed by atoms with Crippen molar-refractivity contribution in [1.82, 2.24) is 4.98 Å². The van der Waals surface area contributed by atoms with E-state index in [2.05, 4.69) is 15.0 Å². The van der Waals surface area contributed by atoms with E-state index in [1.165, 1.54) is 19.4 Å². The molecule has 0 bridgehead atoms. The Morgan fingerprint density at radius 2 is 2.03 bits per heavy atom. The van der Waals surface area contributed by atoms with Gasteiger partial charge >= 0.3 is 6.09 Å². The number of carbonyl (C=O) groups is 1. The molecule has 1 aliphatic heterocycles. The first kappa shape index (κ1) is 21.2.